The molecule has 3 rings (SSSR count). The summed E-state index contributed by atoms with van der Waals surface area (Å²) in [6.07, 6.45) is 3.68. The molecular weight excluding hydrogens is 334 g/mol. The van der Waals surface area contributed by atoms with E-state index in [1.165, 1.54) is 5.56 Å². The number of rotatable bonds is 7. The summed E-state index contributed by atoms with van der Waals surface area (Å²) < 4.78 is 28.2. The molecule has 0 amide bonds. The number of nitrogens with zero attached hydrogens (tertiary/aromatic N) is 2. The van der Waals surface area contributed by atoms with Crippen molar-refractivity contribution < 1.29 is 8.42 Å². The number of nitrogens with one attached hydrogen (secondary N) is 1. The molecule has 1 N–H and O–H groups in total. The lowest BCUT2D eigenvalue weighted by atomic mass is 10.0. The van der Waals surface area contributed by atoms with E-state index in [4.69, 9.17) is 0 Å². The van der Waals surface area contributed by atoms with Crippen molar-refractivity contribution >= 4 is 10.0 Å². The first-order valence-corrected chi connectivity index (χ1v) is 11.1. The molecule has 2 fully saturated rings. The quantitative estimate of drug-likeness (QED) is 0.805. The Hall–Kier alpha value is -0.950. The van der Waals surface area contributed by atoms with Crippen LogP contribution in [0.25, 0.3) is 0 Å². The summed E-state index contributed by atoms with van der Waals surface area (Å²) in [5.74, 6) is 0. The van der Waals surface area contributed by atoms with E-state index in [-0.39, 0.29) is 11.3 Å². The Balaban J connectivity index is 1.69. The summed E-state index contributed by atoms with van der Waals surface area (Å²) in [6.45, 7) is 7.81. The lowest BCUT2D eigenvalue weighted by Crippen LogP contribution is -2.50. The Morgan fingerprint density at radius 3 is 2.32 bits per heavy atom. The zero-order chi connectivity index (χ0) is 17.7. The average Bonchev–Trinajstić information content (AvgIpc) is 3.19. The second kappa shape index (κ2) is 8.62. The van der Waals surface area contributed by atoms with Crippen LogP contribution in [0.3, 0.4) is 0 Å². The number of sulfonamides is 1. The Kier molecular flexibility index (Phi) is 6.49. The smallest absolute Gasteiger partial charge is 0.214 e. The molecule has 0 spiro atoms. The van der Waals surface area contributed by atoms with Crippen LogP contribution in [-0.2, 0) is 10.0 Å². The third kappa shape index (κ3) is 4.82. The first-order chi connectivity index (χ1) is 12.1. The van der Waals surface area contributed by atoms with Gasteiger partial charge in [-0.05, 0) is 24.9 Å². The van der Waals surface area contributed by atoms with Gasteiger partial charge in [-0.1, -0.05) is 50.1 Å². The number of hydrogen-bond acceptors (Lipinski definition) is 4. The van der Waals surface area contributed by atoms with Crippen LogP contribution >= 0.6 is 0 Å². The lowest BCUT2D eigenvalue weighted by molar-refractivity contribution is 0.100. The zero-order valence-corrected chi connectivity index (χ0v) is 16.0. The molecule has 1 heterocycles. The minimum atomic E-state index is -3.20. The van der Waals surface area contributed by atoms with Gasteiger partial charge in [0.15, 0.2) is 0 Å². The van der Waals surface area contributed by atoms with E-state index in [9.17, 15) is 8.42 Å². The second-order valence-corrected chi connectivity index (χ2v) is 9.24. The molecule has 0 aromatic heterocycles. The van der Waals surface area contributed by atoms with Crippen LogP contribution in [0.15, 0.2) is 30.3 Å². The van der Waals surface area contributed by atoms with Crippen LogP contribution in [0.1, 0.15) is 44.2 Å². The van der Waals surface area contributed by atoms with Gasteiger partial charge in [0, 0.05) is 38.8 Å². The Morgan fingerprint density at radius 2 is 1.72 bits per heavy atom. The molecule has 5 nitrogen and oxygen atoms in total. The summed E-state index contributed by atoms with van der Waals surface area (Å²) in [5, 5.41) is -0.194. The molecule has 25 heavy (non-hydrogen) atoms. The Bertz CT molecular complexity index is 621. The predicted octanol–water partition coefficient (Wildman–Crippen LogP) is 2.23. The van der Waals surface area contributed by atoms with E-state index >= 15 is 0 Å². The van der Waals surface area contributed by atoms with Crippen molar-refractivity contribution in [3.63, 3.8) is 0 Å². The van der Waals surface area contributed by atoms with Crippen LogP contribution in [0.4, 0.5) is 0 Å². The summed E-state index contributed by atoms with van der Waals surface area (Å²) in [6, 6.07) is 10.4. The van der Waals surface area contributed by atoms with E-state index in [0.29, 0.717) is 6.54 Å². The Morgan fingerprint density at radius 1 is 1.08 bits per heavy atom. The molecule has 1 saturated carbocycles. The third-order valence-corrected chi connectivity index (χ3v) is 7.62. The van der Waals surface area contributed by atoms with Crippen molar-refractivity contribution in [2.75, 3.05) is 39.3 Å². The zero-order valence-electron chi connectivity index (χ0n) is 15.2. The largest absolute Gasteiger partial charge is 0.301 e. The molecule has 0 radical (unpaired) electrons. The fourth-order valence-electron chi connectivity index (χ4n) is 4.04. The first kappa shape index (κ1) is 18.8. The van der Waals surface area contributed by atoms with Crippen molar-refractivity contribution in [2.45, 2.75) is 43.9 Å². The second-order valence-electron chi connectivity index (χ2n) is 7.20. The molecule has 6 heteroatoms. The van der Waals surface area contributed by atoms with Crippen LogP contribution in [0.2, 0.25) is 0 Å². The SMILES string of the molecule is CCN1CCN(C(CNS(=O)(=O)C2CCCC2)c2ccccc2)CC1. The lowest BCUT2D eigenvalue weighted by Gasteiger charge is -2.39. The summed E-state index contributed by atoms with van der Waals surface area (Å²) in [7, 11) is -3.20. The van der Waals surface area contributed by atoms with Crippen molar-refractivity contribution in [2.24, 2.45) is 0 Å². The molecule has 1 aromatic rings. The average molecular weight is 366 g/mol. The highest BCUT2D eigenvalue weighted by atomic mass is 32.2. The fourth-order valence-corrected chi connectivity index (χ4v) is 5.62. The maximum atomic E-state index is 12.6. The van der Waals surface area contributed by atoms with Gasteiger partial charge in [0.05, 0.1) is 5.25 Å². The molecular formula is C19H31N3O2S. The Labute approximate surface area is 152 Å². The van der Waals surface area contributed by atoms with Crippen LogP contribution in [-0.4, -0.2) is 62.7 Å². The van der Waals surface area contributed by atoms with Gasteiger partial charge in [-0.2, -0.15) is 0 Å². The van der Waals surface area contributed by atoms with E-state index < -0.39 is 10.0 Å². The standard InChI is InChI=1S/C19H31N3O2S/c1-2-21-12-14-22(15-13-21)19(17-8-4-3-5-9-17)16-20-25(23,24)18-10-6-7-11-18/h3-5,8-9,18-20H,2,6-7,10-16H2,1H3. The van der Waals surface area contributed by atoms with Gasteiger partial charge < -0.3 is 4.90 Å². The fraction of sp³-hybridized carbons (Fsp3) is 0.684. The van der Waals surface area contributed by atoms with Gasteiger partial charge in [-0.3, -0.25) is 4.90 Å². The number of benzene rings is 1. The van der Waals surface area contributed by atoms with Crippen molar-refractivity contribution in [3.05, 3.63) is 35.9 Å². The molecule has 1 aliphatic carbocycles. The summed E-state index contributed by atoms with van der Waals surface area (Å²) >= 11 is 0. The predicted molar refractivity (Wildman–Crippen MR) is 102 cm³/mol. The first-order valence-electron chi connectivity index (χ1n) is 9.60. The minimum Gasteiger partial charge on any atom is -0.301 e. The highest BCUT2D eigenvalue weighted by Crippen LogP contribution is 2.26. The maximum Gasteiger partial charge on any atom is 0.214 e. The number of likely N-dealkylation sites (N-methyl/N-ethyl adjacent to an activating group) is 1. The maximum absolute atomic E-state index is 12.6. The van der Waals surface area contributed by atoms with Gasteiger partial charge in [0.25, 0.3) is 0 Å². The van der Waals surface area contributed by atoms with Gasteiger partial charge in [-0.25, -0.2) is 13.1 Å². The number of piperazine rings is 1. The molecule has 1 aliphatic heterocycles. The molecule has 1 unspecified atom stereocenters. The van der Waals surface area contributed by atoms with Crippen LogP contribution in [0, 0.1) is 0 Å². The number of hydrogen-bond donors (Lipinski definition) is 1. The summed E-state index contributed by atoms with van der Waals surface area (Å²) in [4.78, 5) is 4.87. The highest BCUT2D eigenvalue weighted by Gasteiger charge is 2.31. The molecule has 1 atom stereocenters. The molecule has 2 aliphatic rings. The van der Waals surface area contributed by atoms with Crippen LogP contribution < -0.4 is 4.72 Å². The molecule has 0 bridgehead atoms. The van der Waals surface area contributed by atoms with Gasteiger partial charge in [-0.15, -0.1) is 0 Å². The van der Waals surface area contributed by atoms with Gasteiger partial charge >= 0.3 is 0 Å². The van der Waals surface area contributed by atoms with Crippen molar-refractivity contribution in [1.82, 2.24) is 14.5 Å². The van der Waals surface area contributed by atoms with E-state index in [1.807, 2.05) is 18.2 Å². The van der Waals surface area contributed by atoms with Gasteiger partial charge in [0.2, 0.25) is 10.0 Å². The topological polar surface area (TPSA) is 52.6 Å². The van der Waals surface area contributed by atoms with Gasteiger partial charge in [0.1, 0.15) is 0 Å². The van der Waals surface area contributed by atoms with E-state index in [1.54, 1.807) is 0 Å². The monoisotopic (exact) mass is 365 g/mol. The van der Waals surface area contributed by atoms with E-state index in [2.05, 4.69) is 33.6 Å². The normalized spacial score (nSPS) is 22.3. The van der Waals surface area contributed by atoms with Crippen LogP contribution in [0.5, 0.6) is 0 Å². The van der Waals surface area contributed by atoms with Crippen molar-refractivity contribution in [1.29, 1.82) is 0 Å². The molecule has 140 valence electrons. The third-order valence-electron chi connectivity index (χ3n) is 5.70. The van der Waals surface area contributed by atoms with E-state index in [0.717, 1.165) is 58.4 Å². The molecule has 1 aromatic carbocycles. The highest BCUT2D eigenvalue weighted by molar-refractivity contribution is 7.90. The van der Waals surface area contributed by atoms with Crippen molar-refractivity contribution in [3.8, 4) is 0 Å². The minimum absolute atomic E-state index is 0.108. The molecule has 1 saturated heterocycles. The summed E-state index contributed by atoms with van der Waals surface area (Å²) in [5.41, 5.74) is 1.20.